The summed E-state index contributed by atoms with van der Waals surface area (Å²) in [7, 11) is 3.60. The number of ether oxygens (including phenoxy) is 1. The maximum absolute atomic E-state index is 12.7. The van der Waals surface area contributed by atoms with E-state index in [9.17, 15) is 4.79 Å². The van der Waals surface area contributed by atoms with Crippen molar-refractivity contribution in [3.05, 3.63) is 53.9 Å². The van der Waals surface area contributed by atoms with Crippen molar-refractivity contribution in [3.63, 3.8) is 0 Å². The van der Waals surface area contributed by atoms with Crippen molar-refractivity contribution in [1.82, 2.24) is 9.47 Å². The van der Waals surface area contributed by atoms with Gasteiger partial charge >= 0.3 is 0 Å². The third-order valence-electron chi connectivity index (χ3n) is 3.50. The summed E-state index contributed by atoms with van der Waals surface area (Å²) in [6.07, 6.45) is 2.93. The molecule has 1 heterocycles. The summed E-state index contributed by atoms with van der Waals surface area (Å²) in [6, 6.07) is 11.3. The van der Waals surface area contributed by atoms with Gasteiger partial charge in [-0.25, -0.2) is 0 Å². The van der Waals surface area contributed by atoms with Gasteiger partial charge in [0.1, 0.15) is 5.75 Å². The summed E-state index contributed by atoms with van der Waals surface area (Å²) in [5.74, 6) is 0.744. The third-order valence-corrected chi connectivity index (χ3v) is 3.50. The highest BCUT2D eigenvalue weighted by Gasteiger charge is 2.16. The lowest BCUT2D eigenvalue weighted by atomic mass is 10.1. The van der Waals surface area contributed by atoms with E-state index in [1.54, 1.807) is 13.2 Å². The highest BCUT2D eigenvalue weighted by atomic mass is 16.5. The van der Waals surface area contributed by atoms with Crippen molar-refractivity contribution < 1.29 is 9.53 Å². The van der Waals surface area contributed by atoms with Gasteiger partial charge in [-0.15, -0.1) is 0 Å². The number of nitrogens with zero attached hydrogens (tertiary/aromatic N) is 2. The molecule has 2 rings (SSSR count). The van der Waals surface area contributed by atoms with Crippen molar-refractivity contribution in [1.29, 1.82) is 0 Å². The van der Waals surface area contributed by atoms with Crippen LogP contribution in [0.25, 0.3) is 0 Å². The van der Waals surface area contributed by atoms with Gasteiger partial charge in [0.15, 0.2) is 0 Å². The topological polar surface area (TPSA) is 34.5 Å². The van der Waals surface area contributed by atoms with Crippen LogP contribution in [0.3, 0.4) is 0 Å². The highest BCUT2D eigenvalue weighted by Crippen LogP contribution is 2.16. The zero-order valence-electron chi connectivity index (χ0n) is 12.9. The largest absolute Gasteiger partial charge is 0.497 e. The molecule has 0 saturated heterocycles. The number of methoxy groups -OCH3 is 1. The normalized spacial score (nSPS) is 10.4. The Morgan fingerprint density at radius 3 is 2.71 bits per heavy atom. The molecule has 0 aliphatic rings. The predicted molar refractivity (Wildman–Crippen MR) is 83.4 cm³/mol. The number of amides is 1. The average molecular weight is 286 g/mol. The lowest BCUT2D eigenvalue weighted by molar-refractivity contribution is 0.0739. The number of carbonyl (C=O) groups is 1. The SMILES string of the molecule is CCCN(Cc1cccn1C)C(=O)c1cccc(OC)c1. The maximum Gasteiger partial charge on any atom is 0.254 e. The summed E-state index contributed by atoms with van der Waals surface area (Å²) in [5, 5.41) is 0. The second-order valence-corrected chi connectivity index (χ2v) is 5.07. The van der Waals surface area contributed by atoms with Gasteiger partial charge in [-0.2, -0.15) is 0 Å². The van der Waals surface area contributed by atoms with Gasteiger partial charge in [-0.1, -0.05) is 13.0 Å². The Morgan fingerprint density at radius 1 is 1.29 bits per heavy atom. The van der Waals surface area contributed by atoms with Crippen molar-refractivity contribution in [3.8, 4) is 5.75 Å². The molecule has 0 atom stereocenters. The summed E-state index contributed by atoms with van der Waals surface area (Å²) in [4.78, 5) is 14.6. The van der Waals surface area contributed by atoms with Crippen LogP contribution < -0.4 is 4.74 Å². The third kappa shape index (κ3) is 3.66. The van der Waals surface area contributed by atoms with Gasteiger partial charge in [0.05, 0.1) is 13.7 Å². The Bertz CT molecular complexity index is 604. The van der Waals surface area contributed by atoms with Crippen molar-refractivity contribution in [2.45, 2.75) is 19.9 Å². The molecule has 0 aliphatic heterocycles. The Morgan fingerprint density at radius 2 is 2.10 bits per heavy atom. The van der Waals surface area contributed by atoms with Gasteiger partial charge < -0.3 is 14.2 Å². The zero-order chi connectivity index (χ0) is 15.2. The molecule has 1 aromatic heterocycles. The second kappa shape index (κ2) is 6.97. The minimum absolute atomic E-state index is 0.0388. The predicted octanol–water partition coefficient (Wildman–Crippen LogP) is 3.09. The van der Waals surface area contributed by atoms with E-state index < -0.39 is 0 Å². The Balaban J connectivity index is 2.20. The van der Waals surface area contributed by atoms with E-state index in [-0.39, 0.29) is 5.91 Å². The van der Waals surface area contributed by atoms with Crippen LogP contribution in [0.2, 0.25) is 0 Å². The molecule has 112 valence electrons. The molecule has 1 amide bonds. The van der Waals surface area contributed by atoms with Gasteiger partial charge in [-0.05, 0) is 36.8 Å². The molecule has 1 aromatic carbocycles. The summed E-state index contributed by atoms with van der Waals surface area (Å²) < 4.78 is 7.24. The minimum atomic E-state index is 0.0388. The molecule has 0 fully saturated rings. The maximum atomic E-state index is 12.7. The molecule has 0 aliphatic carbocycles. The molecule has 0 radical (unpaired) electrons. The molecule has 4 heteroatoms. The summed E-state index contributed by atoms with van der Waals surface area (Å²) in [5.41, 5.74) is 1.79. The first-order chi connectivity index (χ1) is 10.2. The number of benzene rings is 1. The van der Waals surface area contributed by atoms with Crippen LogP contribution in [-0.4, -0.2) is 29.0 Å². The van der Waals surface area contributed by atoms with Crippen LogP contribution in [0, 0.1) is 0 Å². The number of aromatic nitrogens is 1. The van der Waals surface area contributed by atoms with Gasteiger partial charge in [-0.3, -0.25) is 4.79 Å². The number of hydrogen-bond donors (Lipinski definition) is 0. The van der Waals surface area contributed by atoms with Gasteiger partial charge in [0.25, 0.3) is 5.91 Å². The smallest absolute Gasteiger partial charge is 0.254 e. The van der Waals surface area contributed by atoms with Crippen LogP contribution >= 0.6 is 0 Å². The van der Waals surface area contributed by atoms with Gasteiger partial charge in [0, 0.05) is 31.0 Å². The molecular weight excluding hydrogens is 264 g/mol. The molecular formula is C17H22N2O2. The Labute approximate surface area is 125 Å². The van der Waals surface area contributed by atoms with Crippen LogP contribution in [0.15, 0.2) is 42.6 Å². The number of aryl methyl sites for hydroxylation is 1. The number of carbonyl (C=O) groups excluding carboxylic acids is 1. The van der Waals surface area contributed by atoms with Crippen LogP contribution in [-0.2, 0) is 13.6 Å². The first-order valence-electron chi connectivity index (χ1n) is 7.19. The standard InChI is InChI=1S/C17H22N2O2/c1-4-10-19(13-15-8-6-11-18(15)2)17(20)14-7-5-9-16(12-14)21-3/h5-9,11-12H,4,10,13H2,1-3H3. The average Bonchev–Trinajstić information content (AvgIpc) is 2.91. The Kier molecular flexibility index (Phi) is 5.04. The fraction of sp³-hybridized carbons (Fsp3) is 0.353. The number of hydrogen-bond acceptors (Lipinski definition) is 2. The molecule has 4 nitrogen and oxygen atoms in total. The van der Waals surface area contributed by atoms with Crippen LogP contribution in [0.1, 0.15) is 29.4 Å². The molecule has 0 N–H and O–H groups in total. The quantitative estimate of drug-likeness (QED) is 0.818. The fourth-order valence-corrected chi connectivity index (χ4v) is 2.32. The fourth-order valence-electron chi connectivity index (χ4n) is 2.32. The van der Waals surface area contributed by atoms with E-state index in [0.717, 1.165) is 18.7 Å². The van der Waals surface area contributed by atoms with E-state index in [1.807, 2.05) is 53.0 Å². The lowest BCUT2D eigenvalue weighted by Crippen LogP contribution is -2.32. The number of rotatable bonds is 6. The Hall–Kier alpha value is -2.23. The molecule has 2 aromatic rings. The van der Waals surface area contributed by atoms with Crippen molar-refractivity contribution in [2.24, 2.45) is 7.05 Å². The van der Waals surface area contributed by atoms with Crippen LogP contribution in [0.5, 0.6) is 5.75 Å². The monoisotopic (exact) mass is 286 g/mol. The molecule has 0 saturated carbocycles. The minimum Gasteiger partial charge on any atom is -0.497 e. The van der Waals surface area contributed by atoms with E-state index in [2.05, 4.69) is 6.92 Å². The van der Waals surface area contributed by atoms with Crippen LogP contribution in [0.4, 0.5) is 0 Å². The van der Waals surface area contributed by atoms with E-state index in [4.69, 9.17) is 4.74 Å². The molecule has 21 heavy (non-hydrogen) atoms. The van der Waals surface area contributed by atoms with E-state index >= 15 is 0 Å². The van der Waals surface area contributed by atoms with Gasteiger partial charge in [0.2, 0.25) is 0 Å². The molecule has 0 spiro atoms. The highest BCUT2D eigenvalue weighted by molar-refractivity contribution is 5.94. The molecule has 0 bridgehead atoms. The molecule has 0 unspecified atom stereocenters. The first kappa shape index (κ1) is 15.2. The van der Waals surface area contributed by atoms with Crippen molar-refractivity contribution in [2.75, 3.05) is 13.7 Å². The lowest BCUT2D eigenvalue weighted by Gasteiger charge is -2.22. The zero-order valence-corrected chi connectivity index (χ0v) is 12.9. The summed E-state index contributed by atoms with van der Waals surface area (Å²) >= 11 is 0. The summed E-state index contributed by atoms with van der Waals surface area (Å²) in [6.45, 7) is 3.44. The van der Waals surface area contributed by atoms with E-state index in [1.165, 1.54) is 0 Å². The first-order valence-corrected chi connectivity index (χ1v) is 7.19. The van der Waals surface area contributed by atoms with Crippen molar-refractivity contribution >= 4 is 5.91 Å². The van der Waals surface area contributed by atoms with E-state index in [0.29, 0.717) is 17.9 Å². The second-order valence-electron chi connectivity index (χ2n) is 5.07.